The highest BCUT2D eigenvalue weighted by Gasteiger charge is 2.52. The van der Waals surface area contributed by atoms with Crippen LogP contribution in [0.4, 0.5) is 45.5 Å². The van der Waals surface area contributed by atoms with Gasteiger partial charge >= 0.3 is 0 Å². The molecule has 0 amide bonds. The first-order chi connectivity index (χ1) is 22.8. The molecule has 2 aromatic carbocycles. The summed E-state index contributed by atoms with van der Waals surface area (Å²) in [6.07, 6.45) is 14.1. The van der Waals surface area contributed by atoms with Gasteiger partial charge in [-0.2, -0.15) is 0 Å². The largest absolute Gasteiger partial charge is 0.497 e. The number of nitrogens with zero attached hydrogens (tertiary/aromatic N) is 8. The Morgan fingerprint density at radius 1 is 0.435 bits per heavy atom. The van der Waals surface area contributed by atoms with Crippen LogP contribution in [0.25, 0.3) is 0 Å². The molecule has 2 aliphatic heterocycles. The summed E-state index contributed by atoms with van der Waals surface area (Å²) in [5, 5.41) is 0. The van der Waals surface area contributed by atoms with E-state index in [-0.39, 0.29) is 12.3 Å². The molecule has 6 heterocycles. The molecule has 0 aliphatic carbocycles. The molecule has 0 saturated heterocycles. The van der Waals surface area contributed by atoms with Gasteiger partial charge in [-0.25, -0.2) is 0 Å². The van der Waals surface area contributed by atoms with Gasteiger partial charge in [-0.1, -0.05) is 0 Å². The molecule has 4 aromatic heterocycles. The number of rotatable bonds is 7. The fourth-order valence-electron chi connectivity index (χ4n) is 6.54. The summed E-state index contributed by atoms with van der Waals surface area (Å²) < 4.78 is 11.5. The van der Waals surface area contributed by atoms with Crippen molar-refractivity contribution in [3.63, 3.8) is 0 Å². The van der Waals surface area contributed by atoms with Crippen LogP contribution in [0.15, 0.2) is 135 Å². The van der Waals surface area contributed by atoms with Gasteiger partial charge in [0.05, 0.1) is 84.5 Å². The Morgan fingerprint density at radius 3 is 1.04 bits per heavy atom. The molecular weight excluding hydrogens is 576 g/mol. The quantitative estimate of drug-likeness (QED) is 0.186. The summed E-state index contributed by atoms with van der Waals surface area (Å²) in [6, 6.07) is 28.6. The molecule has 10 nitrogen and oxygen atoms in total. The van der Waals surface area contributed by atoms with Gasteiger partial charge in [0.1, 0.15) is 11.5 Å². The molecule has 6 aromatic rings. The highest BCUT2D eigenvalue weighted by Crippen LogP contribution is 2.56. The molecule has 46 heavy (non-hydrogen) atoms. The van der Waals surface area contributed by atoms with Gasteiger partial charge in [0.2, 0.25) is 0 Å². The number of pyridine rings is 4. The number of anilines is 8. The lowest BCUT2D eigenvalue weighted by atomic mass is 10.2. The summed E-state index contributed by atoms with van der Waals surface area (Å²) in [5.41, 5.74) is 7.71. The normalized spacial score (nSPS) is 16.7. The lowest BCUT2D eigenvalue weighted by Crippen LogP contribution is -2.58. The third kappa shape index (κ3) is 4.42. The first-order valence-electron chi connectivity index (χ1n) is 14.9. The van der Waals surface area contributed by atoms with Crippen LogP contribution in [-0.2, 0) is 0 Å². The summed E-state index contributed by atoms with van der Waals surface area (Å²) in [7, 11) is 3.38. The Bertz CT molecular complexity index is 1820. The molecule has 8 rings (SSSR count). The average Bonchev–Trinajstić information content (AvgIpc) is 3.65. The van der Waals surface area contributed by atoms with Crippen LogP contribution in [0.5, 0.6) is 11.5 Å². The van der Waals surface area contributed by atoms with Gasteiger partial charge in [0.15, 0.2) is 12.3 Å². The minimum Gasteiger partial charge on any atom is -0.497 e. The van der Waals surface area contributed by atoms with Gasteiger partial charge in [-0.3, -0.25) is 19.9 Å². The van der Waals surface area contributed by atoms with E-state index in [1.54, 1.807) is 39.0 Å². The molecule has 2 aliphatic rings. The first-order valence-corrected chi connectivity index (χ1v) is 14.9. The predicted molar refractivity (Wildman–Crippen MR) is 179 cm³/mol. The monoisotopic (exact) mass is 606 g/mol. The van der Waals surface area contributed by atoms with Gasteiger partial charge in [0.25, 0.3) is 0 Å². The third-order valence-electron chi connectivity index (χ3n) is 8.42. The van der Waals surface area contributed by atoms with Crippen molar-refractivity contribution < 1.29 is 9.47 Å². The van der Waals surface area contributed by atoms with Crippen molar-refractivity contribution in [2.24, 2.45) is 0 Å². The molecule has 0 N–H and O–H groups in total. The second-order valence-electron chi connectivity index (χ2n) is 10.9. The molecule has 226 valence electrons. The SMILES string of the molecule is COc1ccc2c(c1)N(c1cccnc1)C(C1N(c3cccnc3)c3ccc(OC)cc3N1c1cccnc1)N2c1cccnc1. The molecule has 0 radical (unpaired) electrons. The Morgan fingerprint density at radius 2 is 0.761 bits per heavy atom. The van der Waals surface area contributed by atoms with Crippen LogP contribution in [-0.4, -0.2) is 46.5 Å². The Hall–Kier alpha value is -6.16. The van der Waals surface area contributed by atoms with E-state index < -0.39 is 0 Å². The molecule has 0 bridgehead atoms. The van der Waals surface area contributed by atoms with E-state index in [1.165, 1.54) is 0 Å². The molecule has 0 fully saturated rings. The average molecular weight is 607 g/mol. The van der Waals surface area contributed by atoms with Crippen LogP contribution in [0.2, 0.25) is 0 Å². The number of ether oxygens (including phenoxy) is 2. The van der Waals surface area contributed by atoms with Crippen molar-refractivity contribution in [2.45, 2.75) is 12.3 Å². The van der Waals surface area contributed by atoms with E-state index in [2.05, 4.69) is 88.1 Å². The third-order valence-corrected chi connectivity index (χ3v) is 8.42. The zero-order valence-electron chi connectivity index (χ0n) is 25.3. The van der Waals surface area contributed by atoms with Crippen molar-refractivity contribution in [2.75, 3.05) is 33.8 Å². The van der Waals surface area contributed by atoms with E-state index in [9.17, 15) is 0 Å². The van der Waals surface area contributed by atoms with Crippen molar-refractivity contribution in [3.05, 3.63) is 135 Å². The van der Waals surface area contributed by atoms with Crippen LogP contribution >= 0.6 is 0 Å². The Kier molecular flexibility index (Phi) is 6.79. The molecule has 0 spiro atoms. The molecule has 2 unspecified atom stereocenters. The number of methoxy groups -OCH3 is 2. The van der Waals surface area contributed by atoms with Crippen molar-refractivity contribution in [3.8, 4) is 11.5 Å². The van der Waals surface area contributed by atoms with Gasteiger partial charge in [-0.05, 0) is 72.8 Å². The van der Waals surface area contributed by atoms with E-state index >= 15 is 0 Å². The lowest BCUT2D eigenvalue weighted by molar-refractivity contribution is 0.415. The van der Waals surface area contributed by atoms with Gasteiger partial charge in [0, 0.05) is 36.9 Å². The van der Waals surface area contributed by atoms with E-state index in [0.29, 0.717) is 0 Å². The maximum absolute atomic E-state index is 5.76. The number of hydrogen-bond acceptors (Lipinski definition) is 10. The zero-order valence-corrected chi connectivity index (χ0v) is 25.3. The number of aromatic nitrogens is 4. The predicted octanol–water partition coefficient (Wildman–Crippen LogP) is 7.22. The van der Waals surface area contributed by atoms with Crippen molar-refractivity contribution in [1.29, 1.82) is 0 Å². The van der Waals surface area contributed by atoms with Crippen LogP contribution in [0.1, 0.15) is 0 Å². The smallest absolute Gasteiger partial charge is 0.151 e. The minimum absolute atomic E-state index is 0.366. The lowest BCUT2D eigenvalue weighted by Gasteiger charge is -2.44. The van der Waals surface area contributed by atoms with Crippen LogP contribution in [0, 0.1) is 0 Å². The van der Waals surface area contributed by atoms with Crippen molar-refractivity contribution in [1.82, 2.24) is 19.9 Å². The van der Waals surface area contributed by atoms with Gasteiger partial charge in [-0.15, -0.1) is 0 Å². The van der Waals surface area contributed by atoms with Gasteiger partial charge < -0.3 is 29.1 Å². The molecule has 10 heteroatoms. The minimum atomic E-state index is -0.366. The standard InChI is InChI=1S/C36H30N8O2/c1-45-29-11-13-31-33(19-29)43(27-9-5-17-39-23-27)35(41(31)25-7-3-15-37-21-25)36-42(26-8-4-16-38-22-26)32-14-12-30(46-2)20-34(32)44(36)28-10-6-18-40-24-28/h3-24,35-36H,1-2H3. The maximum atomic E-state index is 5.76. The Balaban J connectivity index is 1.45. The first kappa shape index (κ1) is 27.4. The Labute approximate surface area is 266 Å². The maximum Gasteiger partial charge on any atom is 0.151 e. The fraction of sp³-hybridized carbons (Fsp3) is 0.111. The number of fused-ring (bicyclic) bond motifs is 2. The highest BCUT2D eigenvalue weighted by atomic mass is 16.5. The highest BCUT2D eigenvalue weighted by molar-refractivity contribution is 5.94. The molecule has 2 atom stereocenters. The summed E-state index contributed by atoms with van der Waals surface area (Å²) in [6.45, 7) is 0. The fourth-order valence-corrected chi connectivity index (χ4v) is 6.54. The topological polar surface area (TPSA) is 83.0 Å². The van der Waals surface area contributed by atoms with E-state index in [1.807, 2.05) is 61.2 Å². The molecular formula is C36H30N8O2. The summed E-state index contributed by atoms with van der Waals surface area (Å²) >= 11 is 0. The summed E-state index contributed by atoms with van der Waals surface area (Å²) in [5.74, 6) is 1.51. The summed E-state index contributed by atoms with van der Waals surface area (Å²) in [4.78, 5) is 27.6. The van der Waals surface area contributed by atoms with Crippen molar-refractivity contribution >= 4 is 45.5 Å². The van der Waals surface area contributed by atoms with E-state index in [4.69, 9.17) is 9.47 Å². The second-order valence-corrected chi connectivity index (χ2v) is 10.9. The molecule has 0 saturated carbocycles. The van der Waals surface area contributed by atoms with Crippen LogP contribution in [0.3, 0.4) is 0 Å². The van der Waals surface area contributed by atoms with Crippen LogP contribution < -0.4 is 29.1 Å². The second kappa shape index (κ2) is 11.4. The van der Waals surface area contributed by atoms with E-state index in [0.717, 1.165) is 57.0 Å². The number of hydrogen-bond donors (Lipinski definition) is 0. The number of benzene rings is 2. The zero-order chi connectivity index (χ0) is 31.0.